The fraction of sp³-hybridized carbons (Fsp3) is 0.318. The van der Waals surface area contributed by atoms with Crippen molar-refractivity contribution in [2.75, 3.05) is 18.6 Å². The summed E-state index contributed by atoms with van der Waals surface area (Å²) in [6.07, 6.45) is 0.800. The minimum absolute atomic E-state index is 0.0909. The molecule has 7 heteroatoms. The van der Waals surface area contributed by atoms with E-state index < -0.39 is 0 Å². The highest BCUT2D eigenvalue weighted by Gasteiger charge is 2.50. The van der Waals surface area contributed by atoms with Crippen LogP contribution >= 0.6 is 11.6 Å². The predicted molar refractivity (Wildman–Crippen MR) is 112 cm³/mol. The van der Waals surface area contributed by atoms with E-state index in [1.54, 1.807) is 13.2 Å². The largest absolute Gasteiger partial charge is 0.495 e. The molecule has 2 fully saturated rings. The first kappa shape index (κ1) is 18.3. The minimum Gasteiger partial charge on any atom is -0.495 e. The Labute approximate surface area is 174 Å². The number of methoxy groups -OCH3 is 1. The van der Waals surface area contributed by atoms with Crippen LogP contribution in [0.15, 0.2) is 42.5 Å². The van der Waals surface area contributed by atoms with E-state index in [0.29, 0.717) is 17.3 Å². The third kappa shape index (κ3) is 3.03. The molecule has 2 aliphatic rings. The summed E-state index contributed by atoms with van der Waals surface area (Å²) in [5.74, 6) is 0.756. The smallest absolute Gasteiger partial charge is 0.244 e. The van der Waals surface area contributed by atoms with Crippen molar-refractivity contribution in [2.24, 2.45) is 0 Å². The number of anilines is 1. The van der Waals surface area contributed by atoms with Crippen LogP contribution in [-0.2, 0) is 11.3 Å². The molecule has 5 rings (SSSR count). The molecular formula is C22H21ClN4O2. The first-order valence-electron chi connectivity index (χ1n) is 9.68. The maximum atomic E-state index is 13.2. The molecule has 0 aliphatic carbocycles. The monoisotopic (exact) mass is 408 g/mol. The maximum Gasteiger partial charge on any atom is 0.244 e. The highest BCUT2D eigenvalue weighted by atomic mass is 35.5. The first-order valence-corrected chi connectivity index (χ1v) is 10.1. The number of halogens is 1. The number of ether oxygens (including phenoxy) is 1. The molecule has 29 heavy (non-hydrogen) atoms. The Morgan fingerprint density at radius 3 is 2.66 bits per heavy atom. The molecule has 2 saturated heterocycles. The number of carbonyl (C=O) groups is 1. The van der Waals surface area contributed by atoms with E-state index in [0.717, 1.165) is 41.1 Å². The Bertz CT molecular complexity index is 1120. The number of hydrogen-bond donors (Lipinski definition) is 0. The Balaban J connectivity index is 1.41. The number of carbonyl (C=O) groups excluding carboxylic acids is 1. The number of nitrogens with zero attached hydrogens (tertiary/aromatic N) is 4. The van der Waals surface area contributed by atoms with Crippen molar-refractivity contribution in [1.29, 1.82) is 0 Å². The van der Waals surface area contributed by atoms with Crippen molar-refractivity contribution in [1.82, 2.24) is 14.9 Å². The SMILES string of the molecule is COc1ccc(Cl)cc1N1C(=O)[C@@H]2C[C@H]1CN2Cc1nc2ccccc2nc1C. The fourth-order valence-corrected chi connectivity index (χ4v) is 4.64. The molecule has 0 unspecified atom stereocenters. The molecule has 0 saturated carbocycles. The van der Waals surface area contributed by atoms with Crippen LogP contribution in [0.5, 0.6) is 5.75 Å². The van der Waals surface area contributed by atoms with E-state index in [4.69, 9.17) is 21.3 Å². The van der Waals surface area contributed by atoms with Gasteiger partial charge in [0.25, 0.3) is 0 Å². The van der Waals surface area contributed by atoms with Gasteiger partial charge in [-0.05, 0) is 43.7 Å². The lowest BCUT2D eigenvalue weighted by Crippen LogP contribution is -2.50. The maximum absolute atomic E-state index is 13.2. The molecule has 6 nitrogen and oxygen atoms in total. The molecule has 2 aromatic carbocycles. The Morgan fingerprint density at radius 2 is 1.93 bits per heavy atom. The number of aryl methyl sites for hydroxylation is 1. The van der Waals surface area contributed by atoms with Crippen molar-refractivity contribution in [3.05, 3.63) is 58.9 Å². The number of aromatic nitrogens is 2. The summed E-state index contributed by atoms with van der Waals surface area (Å²) in [5, 5.41) is 0.593. The summed E-state index contributed by atoms with van der Waals surface area (Å²) in [6, 6.07) is 13.2. The molecule has 2 aliphatic heterocycles. The normalized spacial score (nSPS) is 21.3. The van der Waals surface area contributed by atoms with Crippen LogP contribution in [0.3, 0.4) is 0 Å². The lowest BCUT2D eigenvalue weighted by molar-refractivity contribution is -0.122. The molecule has 3 heterocycles. The molecule has 3 aromatic rings. The van der Waals surface area contributed by atoms with Gasteiger partial charge in [0.1, 0.15) is 5.75 Å². The Kier molecular flexibility index (Phi) is 4.41. The number of hydrogen-bond acceptors (Lipinski definition) is 5. The summed E-state index contributed by atoms with van der Waals surface area (Å²) in [6.45, 7) is 3.39. The summed E-state index contributed by atoms with van der Waals surface area (Å²) < 4.78 is 5.46. The number of piperazine rings is 1. The lowest BCUT2D eigenvalue weighted by Gasteiger charge is -2.34. The van der Waals surface area contributed by atoms with Gasteiger partial charge in [-0.2, -0.15) is 0 Å². The standard InChI is InChI=1S/C22H21ClN4O2/c1-13-18(25-17-6-4-3-5-16(17)24-13)12-26-11-15-10-20(26)22(28)27(15)19-9-14(23)7-8-21(19)29-2/h3-9,15,20H,10-12H2,1-2H3/t15-,20-/m0/s1. The third-order valence-corrected chi connectivity index (χ3v) is 6.10. The lowest BCUT2D eigenvalue weighted by atomic mass is 10.2. The third-order valence-electron chi connectivity index (χ3n) is 5.87. The molecule has 1 amide bonds. The minimum atomic E-state index is -0.156. The average molecular weight is 409 g/mol. The van der Waals surface area contributed by atoms with Crippen molar-refractivity contribution in [3.8, 4) is 5.75 Å². The zero-order valence-electron chi connectivity index (χ0n) is 16.3. The molecular weight excluding hydrogens is 388 g/mol. The highest BCUT2D eigenvalue weighted by Crippen LogP contribution is 2.41. The fourth-order valence-electron chi connectivity index (χ4n) is 4.47. The molecule has 2 bridgehead atoms. The zero-order valence-corrected chi connectivity index (χ0v) is 17.1. The van der Waals surface area contributed by atoms with E-state index >= 15 is 0 Å². The predicted octanol–water partition coefficient (Wildman–Crippen LogP) is 3.59. The topological polar surface area (TPSA) is 58.6 Å². The van der Waals surface area contributed by atoms with Gasteiger partial charge in [-0.3, -0.25) is 9.69 Å². The van der Waals surface area contributed by atoms with E-state index in [2.05, 4.69) is 9.88 Å². The summed E-state index contributed by atoms with van der Waals surface area (Å²) in [4.78, 5) is 26.7. The van der Waals surface area contributed by atoms with Gasteiger partial charge in [-0.25, -0.2) is 9.97 Å². The quantitative estimate of drug-likeness (QED) is 0.660. The number of likely N-dealkylation sites (tertiary alicyclic amines) is 1. The van der Waals surface area contributed by atoms with Crippen molar-refractivity contribution in [2.45, 2.75) is 32.0 Å². The molecule has 2 atom stereocenters. The van der Waals surface area contributed by atoms with Crippen LogP contribution in [0.2, 0.25) is 5.02 Å². The van der Waals surface area contributed by atoms with E-state index in [-0.39, 0.29) is 18.0 Å². The number of para-hydroxylation sites is 2. The Morgan fingerprint density at radius 1 is 1.17 bits per heavy atom. The van der Waals surface area contributed by atoms with Crippen LogP contribution in [-0.4, -0.2) is 46.5 Å². The van der Waals surface area contributed by atoms with Crippen molar-refractivity contribution in [3.63, 3.8) is 0 Å². The second kappa shape index (κ2) is 6.97. The van der Waals surface area contributed by atoms with Gasteiger partial charge in [-0.15, -0.1) is 0 Å². The summed E-state index contributed by atoms with van der Waals surface area (Å²) >= 11 is 6.18. The number of amides is 1. The van der Waals surface area contributed by atoms with Crippen LogP contribution in [0.25, 0.3) is 11.0 Å². The summed E-state index contributed by atoms with van der Waals surface area (Å²) in [7, 11) is 1.61. The molecule has 0 spiro atoms. The first-order chi connectivity index (χ1) is 14.0. The van der Waals surface area contributed by atoms with Crippen LogP contribution in [0.1, 0.15) is 17.8 Å². The second-order valence-electron chi connectivity index (χ2n) is 7.60. The van der Waals surface area contributed by atoms with E-state index in [9.17, 15) is 4.79 Å². The highest BCUT2D eigenvalue weighted by molar-refractivity contribution is 6.31. The van der Waals surface area contributed by atoms with Gasteiger partial charge in [0.15, 0.2) is 0 Å². The molecule has 0 N–H and O–H groups in total. The Hall–Kier alpha value is -2.70. The zero-order chi connectivity index (χ0) is 20.1. The van der Waals surface area contributed by atoms with Gasteiger partial charge < -0.3 is 9.64 Å². The van der Waals surface area contributed by atoms with Crippen LogP contribution in [0, 0.1) is 6.92 Å². The van der Waals surface area contributed by atoms with Gasteiger partial charge >= 0.3 is 0 Å². The van der Waals surface area contributed by atoms with Crippen LogP contribution in [0.4, 0.5) is 5.69 Å². The second-order valence-corrected chi connectivity index (χ2v) is 8.04. The van der Waals surface area contributed by atoms with Crippen molar-refractivity contribution < 1.29 is 9.53 Å². The van der Waals surface area contributed by atoms with Gasteiger partial charge in [0.2, 0.25) is 5.91 Å². The van der Waals surface area contributed by atoms with E-state index in [1.165, 1.54) is 0 Å². The average Bonchev–Trinajstić information content (AvgIpc) is 3.26. The van der Waals surface area contributed by atoms with Gasteiger partial charge in [-0.1, -0.05) is 23.7 Å². The summed E-state index contributed by atoms with van der Waals surface area (Å²) in [5.41, 5.74) is 4.36. The van der Waals surface area contributed by atoms with Gasteiger partial charge in [0.05, 0.1) is 47.3 Å². The molecule has 0 radical (unpaired) electrons. The number of fused-ring (bicyclic) bond motifs is 3. The molecule has 1 aromatic heterocycles. The number of benzene rings is 2. The van der Waals surface area contributed by atoms with Gasteiger partial charge in [0, 0.05) is 18.1 Å². The molecule has 148 valence electrons. The number of rotatable bonds is 4. The van der Waals surface area contributed by atoms with Crippen molar-refractivity contribution >= 4 is 34.2 Å². The van der Waals surface area contributed by atoms with Crippen LogP contribution < -0.4 is 9.64 Å². The van der Waals surface area contributed by atoms with E-state index in [1.807, 2.05) is 48.2 Å².